The molecule has 0 aliphatic heterocycles. The lowest BCUT2D eigenvalue weighted by atomic mass is 10.2. The molecular weight excluding hydrogens is 254 g/mol. The number of carbonyl (C=O) groups excluding carboxylic acids is 1. The molecule has 18 heavy (non-hydrogen) atoms. The zero-order valence-electron chi connectivity index (χ0n) is 9.16. The first-order valence-corrected chi connectivity index (χ1v) is 5.97. The maximum atomic E-state index is 10.9. The van der Waals surface area contributed by atoms with Gasteiger partial charge in [0.05, 0.1) is 11.3 Å². The van der Waals surface area contributed by atoms with Crippen LogP contribution in [0.5, 0.6) is 0 Å². The summed E-state index contributed by atoms with van der Waals surface area (Å²) in [6, 6.07) is 7.01. The normalized spacial score (nSPS) is 10.4. The summed E-state index contributed by atoms with van der Waals surface area (Å²) in [5.41, 5.74) is 5.59. The molecule has 1 aromatic heterocycles. The third-order valence-corrected chi connectivity index (χ3v) is 3.12. The van der Waals surface area contributed by atoms with E-state index >= 15 is 0 Å². The molecule has 2 aromatic rings. The van der Waals surface area contributed by atoms with E-state index in [1.165, 1.54) is 0 Å². The number of aromatic nitrogens is 2. The molecule has 1 aromatic carbocycles. The van der Waals surface area contributed by atoms with Crippen molar-refractivity contribution >= 4 is 34.5 Å². The average Bonchev–Trinajstić information content (AvgIpc) is 2.35. The van der Waals surface area contributed by atoms with E-state index in [4.69, 9.17) is 10.8 Å². The minimum absolute atomic E-state index is 0.0417. The zero-order chi connectivity index (χ0) is 13.1. The molecule has 0 aliphatic carbocycles. The van der Waals surface area contributed by atoms with Gasteiger partial charge in [-0.1, -0.05) is 30.0 Å². The highest BCUT2D eigenvalue weighted by molar-refractivity contribution is 8.00. The smallest absolute Gasteiger partial charge is 0.373 e. The van der Waals surface area contributed by atoms with Crippen LogP contribution in [0.2, 0.25) is 0 Å². The van der Waals surface area contributed by atoms with Gasteiger partial charge in [0.15, 0.2) is 0 Å². The van der Waals surface area contributed by atoms with Crippen molar-refractivity contribution in [3.63, 3.8) is 0 Å². The van der Waals surface area contributed by atoms with Crippen molar-refractivity contribution in [1.29, 1.82) is 0 Å². The topological polar surface area (TPSA) is 106 Å². The molecule has 2 rings (SSSR count). The number of thioether (sulfide) groups is 1. The number of nitrogens with two attached hydrogens (primary N) is 1. The van der Waals surface area contributed by atoms with Gasteiger partial charge in [-0.25, -0.2) is 14.8 Å². The van der Waals surface area contributed by atoms with Crippen LogP contribution in [0, 0.1) is 0 Å². The van der Waals surface area contributed by atoms with Gasteiger partial charge in [-0.3, -0.25) is 4.79 Å². The van der Waals surface area contributed by atoms with E-state index in [0.29, 0.717) is 15.9 Å². The second-order valence-corrected chi connectivity index (χ2v) is 4.39. The summed E-state index contributed by atoms with van der Waals surface area (Å²) in [6.45, 7) is 0. The lowest BCUT2D eigenvalue weighted by Gasteiger charge is -2.05. The van der Waals surface area contributed by atoms with Gasteiger partial charge in [-0.2, -0.15) is 0 Å². The first kappa shape index (κ1) is 12.3. The standard InChI is InChI=1S/C11H9N3O3S/c12-8(15)5-18-10-6-3-1-2-4-7(6)13-9(14-10)11(16)17/h1-4H,5H2,(H2,12,15)(H,16,17). The van der Waals surface area contributed by atoms with Crippen LogP contribution in [0.15, 0.2) is 29.3 Å². The van der Waals surface area contributed by atoms with Gasteiger partial charge >= 0.3 is 5.97 Å². The molecule has 7 heteroatoms. The quantitative estimate of drug-likeness (QED) is 0.627. The highest BCUT2D eigenvalue weighted by Crippen LogP contribution is 2.24. The number of fused-ring (bicyclic) bond motifs is 1. The number of para-hydroxylation sites is 1. The van der Waals surface area contributed by atoms with Crippen LogP contribution in [0.1, 0.15) is 10.6 Å². The number of carbonyl (C=O) groups is 2. The summed E-state index contributed by atoms with van der Waals surface area (Å²) in [4.78, 5) is 29.5. The molecule has 0 bridgehead atoms. The Morgan fingerprint density at radius 3 is 2.67 bits per heavy atom. The minimum atomic E-state index is -1.21. The third-order valence-electron chi connectivity index (χ3n) is 2.11. The predicted molar refractivity (Wildman–Crippen MR) is 66.4 cm³/mol. The average molecular weight is 263 g/mol. The van der Waals surface area contributed by atoms with Gasteiger partial charge in [-0.05, 0) is 6.07 Å². The van der Waals surface area contributed by atoms with E-state index in [-0.39, 0.29) is 11.6 Å². The molecule has 3 N–H and O–H groups in total. The fourth-order valence-electron chi connectivity index (χ4n) is 1.39. The van der Waals surface area contributed by atoms with Crippen LogP contribution in [0.25, 0.3) is 10.9 Å². The van der Waals surface area contributed by atoms with E-state index in [1.807, 2.05) is 0 Å². The van der Waals surface area contributed by atoms with Crippen molar-refractivity contribution in [2.75, 3.05) is 5.75 Å². The number of aromatic carboxylic acids is 1. The zero-order valence-corrected chi connectivity index (χ0v) is 9.98. The van der Waals surface area contributed by atoms with Crippen LogP contribution in [-0.2, 0) is 4.79 Å². The first-order chi connectivity index (χ1) is 8.58. The monoisotopic (exact) mass is 263 g/mol. The second kappa shape index (κ2) is 5.01. The lowest BCUT2D eigenvalue weighted by Crippen LogP contribution is -2.13. The van der Waals surface area contributed by atoms with Crippen molar-refractivity contribution in [3.8, 4) is 0 Å². The molecule has 0 saturated carbocycles. The third kappa shape index (κ3) is 2.57. The van der Waals surface area contributed by atoms with Gasteiger partial charge < -0.3 is 10.8 Å². The molecule has 6 nitrogen and oxygen atoms in total. The van der Waals surface area contributed by atoms with E-state index < -0.39 is 11.9 Å². The fourth-order valence-corrected chi connectivity index (χ4v) is 2.15. The predicted octanol–water partition coefficient (Wildman–Crippen LogP) is 0.905. The van der Waals surface area contributed by atoms with Gasteiger partial charge in [0.1, 0.15) is 5.03 Å². The summed E-state index contributed by atoms with van der Waals surface area (Å²) in [5.74, 6) is -1.94. The van der Waals surface area contributed by atoms with Crippen molar-refractivity contribution in [3.05, 3.63) is 30.1 Å². The van der Waals surface area contributed by atoms with E-state index in [1.54, 1.807) is 24.3 Å². The number of hydrogen-bond acceptors (Lipinski definition) is 5. The second-order valence-electron chi connectivity index (χ2n) is 3.43. The van der Waals surface area contributed by atoms with Gasteiger partial charge in [0, 0.05) is 5.39 Å². The number of hydrogen-bond donors (Lipinski definition) is 2. The number of carboxylic acids is 1. The summed E-state index contributed by atoms with van der Waals surface area (Å²) in [6.07, 6.45) is 0. The summed E-state index contributed by atoms with van der Waals surface area (Å²) in [7, 11) is 0. The van der Waals surface area contributed by atoms with Crippen molar-refractivity contribution in [2.24, 2.45) is 5.73 Å². The van der Waals surface area contributed by atoms with Gasteiger partial charge in [0.2, 0.25) is 11.7 Å². The molecule has 0 unspecified atom stereocenters. The Labute approximate surface area is 106 Å². The Hall–Kier alpha value is -2.15. The summed E-state index contributed by atoms with van der Waals surface area (Å²) < 4.78 is 0. The maximum absolute atomic E-state index is 10.9. The first-order valence-electron chi connectivity index (χ1n) is 4.99. The number of nitrogens with zero attached hydrogens (tertiary/aromatic N) is 2. The molecular formula is C11H9N3O3S. The van der Waals surface area contributed by atoms with Crippen LogP contribution < -0.4 is 5.73 Å². The van der Waals surface area contributed by atoms with E-state index in [9.17, 15) is 9.59 Å². The Kier molecular flexibility index (Phi) is 3.42. The van der Waals surface area contributed by atoms with Crippen LogP contribution in [-0.4, -0.2) is 32.7 Å². The van der Waals surface area contributed by atoms with Crippen molar-refractivity contribution < 1.29 is 14.7 Å². The van der Waals surface area contributed by atoms with E-state index in [0.717, 1.165) is 11.8 Å². The Balaban J connectivity index is 2.53. The maximum Gasteiger partial charge on any atom is 0.373 e. The Morgan fingerprint density at radius 1 is 1.28 bits per heavy atom. The Morgan fingerprint density at radius 2 is 2.00 bits per heavy atom. The molecule has 1 heterocycles. The minimum Gasteiger partial charge on any atom is -0.475 e. The lowest BCUT2D eigenvalue weighted by molar-refractivity contribution is -0.115. The highest BCUT2D eigenvalue weighted by atomic mass is 32.2. The van der Waals surface area contributed by atoms with Crippen LogP contribution in [0.4, 0.5) is 0 Å². The molecule has 1 amide bonds. The molecule has 0 aliphatic rings. The van der Waals surface area contributed by atoms with Gasteiger partial charge in [-0.15, -0.1) is 0 Å². The SMILES string of the molecule is NC(=O)CSc1nc(C(=O)O)nc2ccccc12. The molecule has 0 saturated heterocycles. The largest absolute Gasteiger partial charge is 0.475 e. The molecule has 0 atom stereocenters. The number of carboxylic acid groups (broad SMARTS) is 1. The number of primary amides is 1. The van der Waals surface area contributed by atoms with Crippen LogP contribution in [0.3, 0.4) is 0 Å². The fraction of sp³-hybridized carbons (Fsp3) is 0.0909. The van der Waals surface area contributed by atoms with Crippen LogP contribution >= 0.6 is 11.8 Å². The highest BCUT2D eigenvalue weighted by Gasteiger charge is 2.13. The Bertz CT molecular complexity index is 630. The molecule has 0 spiro atoms. The number of amides is 1. The summed E-state index contributed by atoms with van der Waals surface area (Å²) >= 11 is 1.10. The molecule has 92 valence electrons. The van der Waals surface area contributed by atoms with E-state index in [2.05, 4.69) is 9.97 Å². The van der Waals surface area contributed by atoms with Crippen molar-refractivity contribution in [1.82, 2.24) is 9.97 Å². The molecule has 0 radical (unpaired) electrons. The number of rotatable bonds is 4. The summed E-state index contributed by atoms with van der Waals surface area (Å²) in [5, 5.41) is 10.1. The molecule has 0 fully saturated rings. The van der Waals surface area contributed by atoms with Crippen molar-refractivity contribution in [2.45, 2.75) is 5.03 Å². The van der Waals surface area contributed by atoms with Gasteiger partial charge in [0.25, 0.3) is 0 Å². The number of benzene rings is 1.